The fraction of sp³-hybridized carbons (Fsp3) is 0. The number of phenols is 1. The molecule has 8 nitrogen and oxygen atoms in total. The maximum Gasteiger partial charge on any atom is 0.317 e. The predicted molar refractivity (Wildman–Crippen MR) is 135 cm³/mol. The van der Waals surface area contributed by atoms with Gasteiger partial charge in [-0.2, -0.15) is 8.42 Å². The second kappa shape index (κ2) is 10.3. The van der Waals surface area contributed by atoms with Crippen LogP contribution in [0.1, 0.15) is 31.8 Å². The number of carbonyl (C=O) groups excluding carboxylic acids is 2. The summed E-state index contributed by atoms with van der Waals surface area (Å²) in [5, 5.41) is 14.0. The van der Waals surface area contributed by atoms with Crippen LogP contribution >= 0.6 is 0 Å². The predicted octanol–water partition coefficient (Wildman–Crippen LogP) is 4.26. The standard InChI is InChI=1S/C26H18N2O6S.Na/c29-24-18-13-7-8-14-19(18)25(30)23-22(24)20(27-16-9-3-1-4-10-16)15-21(26(23)31)28-34-35(32,33)17-11-5-2-6-12-17;/h1-15,27-28,31H;. The number of nitrogens with one attached hydrogen (secondary N) is 2. The van der Waals surface area contributed by atoms with E-state index in [1.807, 2.05) is 6.07 Å². The summed E-state index contributed by atoms with van der Waals surface area (Å²) in [5.74, 6) is -1.62. The van der Waals surface area contributed by atoms with Gasteiger partial charge in [0.2, 0.25) is 0 Å². The zero-order chi connectivity index (χ0) is 24.6. The van der Waals surface area contributed by atoms with Gasteiger partial charge in [-0.05, 0) is 30.3 Å². The van der Waals surface area contributed by atoms with E-state index < -0.39 is 27.4 Å². The van der Waals surface area contributed by atoms with Gasteiger partial charge in [0.15, 0.2) is 17.3 Å². The Bertz CT molecular complexity index is 1580. The third-order valence-corrected chi connectivity index (χ3v) is 6.67. The first-order chi connectivity index (χ1) is 16.9. The minimum atomic E-state index is -4.24. The maximum atomic E-state index is 13.4. The molecule has 0 saturated heterocycles. The molecule has 4 aromatic rings. The van der Waals surface area contributed by atoms with E-state index in [0.29, 0.717) is 5.69 Å². The zero-order valence-corrected chi connectivity index (χ0v) is 21.9. The zero-order valence-electron chi connectivity index (χ0n) is 19.1. The third kappa shape index (κ3) is 4.67. The van der Waals surface area contributed by atoms with Crippen molar-refractivity contribution in [3.05, 3.63) is 113 Å². The molecular weight excluding hydrogens is 491 g/mol. The number of carbonyl (C=O) groups is 2. The van der Waals surface area contributed by atoms with E-state index in [1.54, 1.807) is 48.5 Å². The number of rotatable bonds is 6. The molecule has 0 spiro atoms. The van der Waals surface area contributed by atoms with Crippen molar-refractivity contribution >= 4 is 68.3 Å². The minimum absolute atomic E-state index is 0. The molecule has 0 heterocycles. The van der Waals surface area contributed by atoms with E-state index in [9.17, 15) is 23.1 Å². The quantitative estimate of drug-likeness (QED) is 0.134. The molecule has 4 aromatic carbocycles. The van der Waals surface area contributed by atoms with E-state index in [-0.39, 0.29) is 68.1 Å². The van der Waals surface area contributed by atoms with Crippen LogP contribution in [0.3, 0.4) is 0 Å². The van der Waals surface area contributed by atoms with Gasteiger partial charge in [-0.1, -0.05) is 60.7 Å². The molecule has 3 N–H and O–H groups in total. The Hall–Kier alpha value is -3.47. The summed E-state index contributed by atoms with van der Waals surface area (Å²) in [5.41, 5.74) is 2.93. The number of benzene rings is 4. The summed E-state index contributed by atoms with van der Waals surface area (Å²) >= 11 is 0. The van der Waals surface area contributed by atoms with Gasteiger partial charge in [0, 0.05) is 46.4 Å². The summed E-state index contributed by atoms with van der Waals surface area (Å²) in [7, 11) is -4.24. The van der Waals surface area contributed by atoms with Crippen molar-refractivity contribution in [2.24, 2.45) is 0 Å². The van der Waals surface area contributed by atoms with Crippen molar-refractivity contribution in [3.8, 4) is 5.75 Å². The van der Waals surface area contributed by atoms with Crippen LogP contribution in [-0.4, -0.2) is 54.6 Å². The molecule has 0 aliphatic heterocycles. The Morgan fingerprint density at radius 2 is 1.22 bits per heavy atom. The van der Waals surface area contributed by atoms with Crippen molar-refractivity contribution < 1.29 is 27.4 Å². The number of hydrogen-bond donors (Lipinski definition) is 3. The Labute approximate surface area is 229 Å². The van der Waals surface area contributed by atoms with Gasteiger partial charge in [0.1, 0.15) is 5.69 Å². The van der Waals surface area contributed by atoms with Crippen LogP contribution < -0.4 is 10.8 Å². The number of fused-ring (bicyclic) bond motifs is 2. The Morgan fingerprint density at radius 3 is 1.83 bits per heavy atom. The van der Waals surface area contributed by atoms with Crippen molar-refractivity contribution in [2.75, 3.05) is 10.8 Å². The fourth-order valence-corrected chi connectivity index (χ4v) is 4.65. The summed E-state index contributed by atoms with van der Waals surface area (Å²) in [6.45, 7) is 0. The smallest absolute Gasteiger partial charge is 0.317 e. The van der Waals surface area contributed by atoms with Gasteiger partial charge in [-0.25, -0.2) is 5.48 Å². The second-order valence-electron chi connectivity index (χ2n) is 7.72. The van der Waals surface area contributed by atoms with Crippen molar-refractivity contribution in [3.63, 3.8) is 0 Å². The van der Waals surface area contributed by atoms with Crippen LogP contribution in [0.4, 0.5) is 17.1 Å². The molecule has 0 bridgehead atoms. The number of anilines is 3. The molecule has 36 heavy (non-hydrogen) atoms. The Balaban J connectivity index is 0.00000304. The van der Waals surface area contributed by atoms with Gasteiger partial charge in [0.25, 0.3) is 0 Å². The number of aromatic hydroxyl groups is 1. The molecule has 0 aromatic heterocycles. The molecule has 1 aliphatic rings. The van der Waals surface area contributed by atoms with E-state index in [0.717, 1.165) is 0 Å². The number of phenolic OH excluding ortho intramolecular Hbond substituents is 1. The molecule has 0 unspecified atom stereocenters. The normalized spacial score (nSPS) is 12.2. The number of para-hydroxylation sites is 1. The summed E-state index contributed by atoms with van der Waals surface area (Å²) < 4.78 is 30.1. The molecule has 10 heteroatoms. The molecule has 0 saturated carbocycles. The van der Waals surface area contributed by atoms with E-state index in [4.69, 9.17) is 4.28 Å². The number of hydrogen-bond acceptors (Lipinski definition) is 8. The molecule has 1 aliphatic carbocycles. The first-order valence-corrected chi connectivity index (χ1v) is 11.9. The first-order valence-electron chi connectivity index (χ1n) is 10.5. The van der Waals surface area contributed by atoms with Crippen LogP contribution in [0.2, 0.25) is 0 Å². The van der Waals surface area contributed by atoms with Crippen LogP contribution in [-0.2, 0) is 14.4 Å². The van der Waals surface area contributed by atoms with E-state index in [1.165, 1.54) is 36.4 Å². The first kappa shape index (κ1) is 25.6. The van der Waals surface area contributed by atoms with Crippen LogP contribution in [0.5, 0.6) is 5.75 Å². The average Bonchev–Trinajstić information content (AvgIpc) is 2.88. The van der Waals surface area contributed by atoms with Crippen molar-refractivity contribution in [2.45, 2.75) is 4.90 Å². The second-order valence-corrected chi connectivity index (χ2v) is 9.26. The molecule has 5 rings (SSSR count). The van der Waals surface area contributed by atoms with Crippen LogP contribution in [0.25, 0.3) is 0 Å². The Morgan fingerprint density at radius 1 is 0.694 bits per heavy atom. The minimum Gasteiger partial charge on any atom is -0.505 e. The van der Waals surface area contributed by atoms with Crippen LogP contribution in [0, 0.1) is 0 Å². The van der Waals surface area contributed by atoms with Gasteiger partial charge < -0.3 is 10.4 Å². The average molecular weight is 509 g/mol. The third-order valence-electron chi connectivity index (χ3n) is 5.52. The van der Waals surface area contributed by atoms with E-state index >= 15 is 0 Å². The van der Waals surface area contributed by atoms with E-state index in [2.05, 4.69) is 10.8 Å². The summed E-state index contributed by atoms with van der Waals surface area (Å²) in [4.78, 5) is 26.6. The topological polar surface area (TPSA) is 122 Å². The maximum absolute atomic E-state index is 13.4. The van der Waals surface area contributed by atoms with Gasteiger partial charge in [0.05, 0.1) is 21.7 Å². The molecule has 1 radical (unpaired) electrons. The van der Waals surface area contributed by atoms with Crippen molar-refractivity contribution in [1.82, 2.24) is 0 Å². The van der Waals surface area contributed by atoms with Crippen molar-refractivity contribution in [1.29, 1.82) is 0 Å². The largest absolute Gasteiger partial charge is 0.505 e. The molecule has 175 valence electrons. The van der Waals surface area contributed by atoms with Crippen LogP contribution in [0.15, 0.2) is 95.9 Å². The monoisotopic (exact) mass is 509 g/mol. The SMILES string of the molecule is O=C1c2ccccc2C(=O)c2c(O)c(NOS(=O)(=O)c3ccccc3)cc(Nc3ccccc3)c21.[Na]. The van der Waals surface area contributed by atoms with Gasteiger partial charge >= 0.3 is 10.1 Å². The molecule has 0 fully saturated rings. The number of ketones is 2. The molecule has 0 amide bonds. The molecule has 0 atom stereocenters. The molecular formula is C26H18N2NaO6S. The fourth-order valence-electron chi connectivity index (χ4n) is 3.87. The summed E-state index contributed by atoms with van der Waals surface area (Å²) in [6, 6.07) is 24.0. The van der Waals surface area contributed by atoms with Gasteiger partial charge in [-0.3, -0.25) is 9.59 Å². The Kier molecular flexibility index (Phi) is 7.30. The summed E-state index contributed by atoms with van der Waals surface area (Å²) in [6.07, 6.45) is 0. The van der Waals surface area contributed by atoms with Gasteiger partial charge in [-0.15, -0.1) is 4.28 Å².